The predicted molar refractivity (Wildman–Crippen MR) is 76.0 cm³/mol. The highest BCUT2D eigenvalue weighted by molar-refractivity contribution is 5.89. The zero-order valence-electron chi connectivity index (χ0n) is 12.6. The molecule has 2 aliphatic heterocycles. The Morgan fingerprint density at radius 2 is 1.91 bits per heavy atom. The van der Waals surface area contributed by atoms with Gasteiger partial charge in [-0.15, -0.1) is 0 Å². The highest BCUT2D eigenvalue weighted by atomic mass is 16.5. The fraction of sp³-hybridized carbons (Fsp3) is 0.800. The lowest BCUT2D eigenvalue weighted by Crippen LogP contribution is -2.50. The smallest absolute Gasteiger partial charge is 0.334 e. The Morgan fingerprint density at radius 1 is 1.18 bits per heavy atom. The summed E-state index contributed by atoms with van der Waals surface area (Å²) in [6.45, 7) is 1.19. The van der Waals surface area contributed by atoms with Gasteiger partial charge < -0.3 is 19.6 Å². The average molecular weight is 310 g/mol. The fourth-order valence-corrected chi connectivity index (χ4v) is 3.72. The van der Waals surface area contributed by atoms with E-state index in [4.69, 9.17) is 9.84 Å². The molecule has 0 radical (unpaired) electrons. The minimum Gasteiger partial charge on any atom is -0.479 e. The molecule has 3 aliphatic rings. The van der Waals surface area contributed by atoms with Crippen LogP contribution in [0, 0.1) is 5.92 Å². The van der Waals surface area contributed by atoms with Gasteiger partial charge in [0.2, 0.25) is 11.8 Å². The molecule has 2 amide bonds. The van der Waals surface area contributed by atoms with Crippen LogP contribution < -0.4 is 0 Å². The molecule has 122 valence electrons. The monoisotopic (exact) mass is 310 g/mol. The molecule has 2 saturated heterocycles. The van der Waals surface area contributed by atoms with Gasteiger partial charge in [0.25, 0.3) is 0 Å². The third kappa shape index (κ3) is 2.95. The van der Waals surface area contributed by atoms with E-state index >= 15 is 0 Å². The number of rotatable bonds is 3. The summed E-state index contributed by atoms with van der Waals surface area (Å²) in [5, 5.41) is 9.01. The highest BCUT2D eigenvalue weighted by Crippen LogP contribution is 2.30. The average Bonchev–Trinajstić information content (AvgIpc) is 3.15. The Bertz CT molecular complexity index is 475. The molecule has 0 aromatic carbocycles. The van der Waals surface area contributed by atoms with Crippen LogP contribution in [0.25, 0.3) is 0 Å². The SMILES string of the molecule is O=C(O)[C@H]1CN(C(=O)[C@@H]2CC(=O)N(C3CCCC3)C2)CCO1. The van der Waals surface area contributed by atoms with Crippen molar-refractivity contribution in [2.45, 2.75) is 44.2 Å². The van der Waals surface area contributed by atoms with Crippen LogP contribution in [-0.2, 0) is 19.1 Å². The number of amides is 2. The first-order valence-electron chi connectivity index (χ1n) is 7.99. The van der Waals surface area contributed by atoms with Gasteiger partial charge in [-0.25, -0.2) is 4.79 Å². The molecule has 2 heterocycles. The number of carboxylic acids is 1. The molecule has 0 unspecified atom stereocenters. The summed E-state index contributed by atoms with van der Waals surface area (Å²) in [7, 11) is 0. The highest BCUT2D eigenvalue weighted by Gasteiger charge is 2.41. The summed E-state index contributed by atoms with van der Waals surface area (Å²) in [5.74, 6) is -1.43. The zero-order chi connectivity index (χ0) is 15.7. The summed E-state index contributed by atoms with van der Waals surface area (Å²) < 4.78 is 5.14. The predicted octanol–water partition coefficient (Wildman–Crippen LogP) is 0.0895. The minimum absolute atomic E-state index is 0.0632. The van der Waals surface area contributed by atoms with E-state index in [-0.39, 0.29) is 37.3 Å². The van der Waals surface area contributed by atoms with E-state index in [0.717, 1.165) is 25.7 Å². The molecule has 7 nitrogen and oxygen atoms in total. The van der Waals surface area contributed by atoms with Gasteiger partial charge in [-0.1, -0.05) is 12.8 Å². The van der Waals surface area contributed by atoms with E-state index in [1.54, 1.807) is 4.90 Å². The van der Waals surface area contributed by atoms with Crippen molar-refractivity contribution < 1.29 is 24.2 Å². The van der Waals surface area contributed by atoms with Crippen molar-refractivity contribution in [1.82, 2.24) is 9.80 Å². The van der Waals surface area contributed by atoms with Crippen molar-refractivity contribution in [3.05, 3.63) is 0 Å². The van der Waals surface area contributed by atoms with Crippen LogP contribution in [0.15, 0.2) is 0 Å². The fourth-order valence-electron chi connectivity index (χ4n) is 3.72. The summed E-state index contributed by atoms with van der Waals surface area (Å²) >= 11 is 0. The van der Waals surface area contributed by atoms with Crippen LogP contribution in [0.2, 0.25) is 0 Å². The van der Waals surface area contributed by atoms with Crippen LogP contribution in [-0.4, -0.2) is 71.1 Å². The second-order valence-electron chi connectivity index (χ2n) is 6.37. The van der Waals surface area contributed by atoms with E-state index in [1.807, 2.05) is 4.90 Å². The molecule has 1 N–H and O–H groups in total. The lowest BCUT2D eigenvalue weighted by Gasteiger charge is -2.32. The zero-order valence-corrected chi connectivity index (χ0v) is 12.6. The Kier molecular flexibility index (Phi) is 4.33. The number of ether oxygens (including phenoxy) is 1. The normalized spacial score (nSPS) is 30.1. The van der Waals surface area contributed by atoms with E-state index < -0.39 is 12.1 Å². The third-order valence-corrected chi connectivity index (χ3v) is 4.93. The maximum atomic E-state index is 12.6. The largest absolute Gasteiger partial charge is 0.479 e. The van der Waals surface area contributed by atoms with Crippen molar-refractivity contribution in [3.63, 3.8) is 0 Å². The van der Waals surface area contributed by atoms with Gasteiger partial charge in [0, 0.05) is 25.6 Å². The summed E-state index contributed by atoms with van der Waals surface area (Å²) in [5.41, 5.74) is 0. The van der Waals surface area contributed by atoms with E-state index in [1.165, 1.54) is 0 Å². The second-order valence-corrected chi connectivity index (χ2v) is 6.37. The standard InChI is InChI=1S/C15H22N2O5/c18-13-7-10(8-17(13)11-3-1-2-4-11)14(19)16-5-6-22-12(9-16)15(20)21/h10-12H,1-9H2,(H,20,21)/t10-,12-/m1/s1. The van der Waals surface area contributed by atoms with Gasteiger partial charge in [0.1, 0.15) is 0 Å². The van der Waals surface area contributed by atoms with Crippen LogP contribution >= 0.6 is 0 Å². The summed E-state index contributed by atoms with van der Waals surface area (Å²) in [6, 6.07) is 0.293. The van der Waals surface area contributed by atoms with Gasteiger partial charge in [0.15, 0.2) is 6.10 Å². The maximum Gasteiger partial charge on any atom is 0.334 e. The molecule has 3 fully saturated rings. The number of hydrogen-bond donors (Lipinski definition) is 1. The molecule has 22 heavy (non-hydrogen) atoms. The lowest BCUT2D eigenvalue weighted by atomic mass is 10.1. The van der Waals surface area contributed by atoms with E-state index in [2.05, 4.69) is 0 Å². The van der Waals surface area contributed by atoms with Crippen LogP contribution in [0.5, 0.6) is 0 Å². The molecule has 0 spiro atoms. The lowest BCUT2D eigenvalue weighted by molar-refractivity contribution is -0.160. The first-order valence-corrected chi connectivity index (χ1v) is 7.99. The number of aliphatic carboxylic acids is 1. The molecular formula is C15H22N2O5. The molecule has 0 aromatic rings. The van der Waals surface area contributed by atoms with E-state index in [0.29, 0.717) is 19.1 Å². The molecule has 0 aromatic heterocycles. The van der Waals surface area contributed by atoms with Gasteiger partial charge in [0.05, 0.1) is 19.1 Å². The number of carbonyl (C=O) groups excluding carboxylic acids is 2. The first-order chi connectivity index (χ1) is 10.6. The van der Waals surface area contributed by atoms with Crippen LogP contribution in [0.1, 0.15) is 32.1 Å². The number of nitrogens with zero attached hydrogens (tertiary/aromatic N) is 2. The topological polar surface area (TPSA) is 87.2 Å². The molecule has 1 aliphatic carbocycles. The second kappa shape index (κ2) is 6.24. The number of hydrogen-bond acceptors (Lipinski definition) is 4. The summed E-state index contributed by atoms with van der Waals surface area (Å²) in [6.07, 6.45) is 3.66. The van der Waals surface area contributed by atoms with Crippen molar-refractivity contribution in [2.75, 3.05) is 26.2 Å². The molecular weight excluding hydrogens is 288 g/mol. The van der Waals surface area contributed by atoms with Gasteiger partial charge in [-0.2, -0.15) is 0 Å². The number of carbonyl (C=O) groups is 3. The third-order valence-electron chi connectivity index (χ3n) is 4.93. The first kappa shape index (κ1) is 15.3. The molecule has 2 atom stereocenters. The molecule has 0 bridgehead atoms. The van der Waals surface area contributed by atoms with Gasteiger partial charge >= 0.3 is 5.97 Å². The number of carboxylic acid groups (broad SMARTS) is 1. The quantitative estimate of drug-likeness (QED) is 0.798. The van der Waals surface area contributed by atoms with Gasteiger partial charge in [-0.05, 0) is 12.8 Å². The number of likely N-dealkylation sites (tertiary alicyclic amines) is 1. The molecule has 7 heteroatoms. The minimum atomic E-state index is -1.05. The van der Waals surface area contributed by atoms with Crippen LogP contribution in [0.3, 0.4) is 0 Å². The van der Waals surface area contributed by atoms with E-state index in [9.17, 15) is 14.4 Å². The van der Waals surface area contributed by atoms with Crippen molar-refractivity contribution in [2.24, 2.45) is 5.92 Å². The Morgan fingerprint density at radius 3 is 2.59 bits per heavy atom. The Hall–Kier alpha value is -1.63. The maximum absolute atomic E-state index is 12.6. The molecule has 3 rings (SSSR count). The number of morpholine rings is 1. The Balaban J connectivity index is 1.60. The van der Waals surface area contributed by atoms with Crippen molar-refractivity contribution >= 4 is 17.8 Å². The van der Waals surface area contributed by atoms with Crippen molar-refractivity contribution in [3.8, 4) is 0 Å². The van der Waals surface area contributed by atoms with Gasteiger partial charge in [-0.3, -0.25) is 9.59 Å². The van der Waals surface area contributed by atoms with Crippen molar-refractivity contribution in [1.29, 1.82) is 0 Å². The Labute approximate surface area is 129 Å². The molecule has 1 saturated carbocycles. The summed E-state index contributed by atoms with van der Waals surface area (Å²) in [4.78, 5) is 39.1. The van der Waals surface area contributed by atoms with Crippen LogP contribution in [0.4, 0.5) is 0 Å².